The van der Waals surface area contributed by atoms with Crippen molar-refractivity contribution >= 4 is 25.8 Å². The summed E-state index contributed by atoms with van der Waals surface area (Å²) in [6.07, 6.45) is 3.15. The van der Waals surface area contributed by atoms with Crippen LogP contribution < -0.4 is 5.14 Å². The standard InChI is InChI=1S/C24H29N3O6S2/c1-4-6-11-21-26-23(34(3,29)30)22(24(28)33-5-2)27(21)16-17-12-14-18(15-13-17)19-9-7-8-10-20(19)35(25,31)32/h7-10,12-15H,4-6,11,16H2,1-3H3,(H2,25,31,32). The van der Waals surface area contributed by atoms with E-state index in [4.69, 9.17) is 9.88 Å². The van der Waals surface area contributed by atoms with Crippen molar-refractivity contribution in [2.75, 3.05) is 12.9 Å². The monoisotopic (exact) mass is 519 g/mol. The van der Waals surface area contributed by atoms with Gasteiger partial charge in [0.05, 0.1) is 11.5 Å². The van der Waals surface area contributed by atoms with Gasteiger partial charge in [-0.15, -0.1) is 0 Å². The van der Waals surface area contributed by atoms with Gasteiger partial charge in [0.15, 0.2) is 20.6 Å². The summed E-state index contributed by atoms with van der Waals surface area (Å²) < 4.78 is 55.5. The molecule has 11 heteroatoms. The van der Waals surface area contributed by atoms with Crippen LogP contribution in [0.15, 0.2) is 58.5 Å². The Labute approximate surface area is 205 Å². The summed E-state index contributed by atoms with van der Waals surface area (Å²) in [5, 5.41) is 5.07. The number of ether oxygens (including phenoxy) is 1. The van der Waals surface area contributed by atoms with Gasteiger partial charge in [-0.2, -0.15) is 0 Å². The van der Waals surface area contributed by atoms with Crippen LogP contribution in [-0.2, 0) is 37.6 Å². The summed E-state index contributed by atoms with van der Waals surface area (Å²) in [6, 6.07) is 13.5. The average Bonchev–Trinajstić information content (AvgIpc) is 3.16. The second-order valence-electron chi connectivity index (χ2n) is 8.10. The fourth-order valence-electron chi connectivity index (χ4n) is 3.75. The molecule has 0 fully saturated rings. The predicted molar refractivity (Wildman–Crippen MR) is 132 cm³/mol. The molecule has 0 bridgehead atoms. The maximum atomic E-state index is 12.8. The van der Waals surface area contributed by atoms with Crippen LogP contribution >= 0.6 is 0 Å². The van der Waals surface area contributed by atoms with Gasteiger partial charge in [-0.3, -0.25) is 0 Å². The lowest BCUT2D eigenvalue weighted by Crippen LogP contribution is -2.17. The zero-order valence-electron chi connectivity index (χ0n) is 19.9. The molecule has 2 N–H and O–H groups in total. The molecule has 2 aromatic carbocycles. The van der Waals surface area contributed by atoms with Gasteiger partial charge in [-0.1, -0.05) is 55.8 Å². The molecular weight excluding hydrogens is 490 g/mol. The number of aryl methyl sites for hydroxylation is 1. The fraction of sp³-hybridized carbons (Fsp3) is 0.333. The Morgan fingerprint density at radius 3 is 2.26 bits per heavy atom. The first-order valence-corrected chi connectivity index (χ1v) is 14.6. The van der Waals surface area contributed by atoms with Crippen LogP contribution in [0.2, 0.25) is 0 Å². The van der Waals surface area contributed by atoms with Crippen molar-refractivity contribution in [2.45, 2.75) is 49.6 Å². The first-order chi connectivity index (χ1) is 16.5. The molecule has 1 heterocycles. The van der Waals surface area contributed by atoms with Crippen molar-refractivity contribution in [3.63, 3.8) is 0 Å². The topological polar surface area (TPSA) is 138 Å². The van der Waals surface area contributed by atoms with E-state index >= 15 is 0 Å². The number of hydrogen-bond donors (Lipinski definition) is 1. The smallest absolute Gasteiger partial charge is 0.358 e. The Morgan fingerprint density at radius 2 is 1.69 bits per heavy atom. The number of esters is 1. The summed E-state index contributed by atoms with van der Waals surface area (Å²) in [4.78, 5) is 17.1. The Kier molecular flexibility index (Phi) is 8.14. The minimum atomic E-state index is -3.91. The van der Waals surface area contributed by atoms with Crippen molar-refractivity contribution < 1.29 is 26.4 Å². The van der Waals surface area contributed by atoms with E-state index in [9.17, 15) is 21.6 Å². The molecule has 0 atom stereocenters. The predicted octanol–water partition coefficient (Wildman–Crippen LogP) is 3.17. The molecule has 0 aliphatic rings. The number of rotatable bonds is 10. The lowest BCUT2D eigenvalue weighted by Gasteiger charge is -2.13. The third-order valence-corrected chi connectivity index (χ3v) is 7.34. The Morgan fingerprint density at radius 1 is 1.03 bits per heavy atom. The van der Waals surface area contributed by atoms with Gasteiger partial charge in [0.2, 0.25) is 10.0 Å². The number of nitrogens with two attached hydrogens (primary N) is 1. The fourth-order valence-corrected chi connectivity index (χ4v) is 5.33. The number of benzene rings is 2. The van der Waals surface area contributed by atoms with Crippen LogP contribution in [0.1, 0.15) is 48.6 Å². The number of imidazole rings is 1. The van der Waals surface area contributed by atoms with Crippen LogP contribution in [0.25, 0.3) is 11.1 Å². The molecule has 0 saturated heterocycles. The normalized spacial score (nSPS) is 12.0. The molecule has 0 saturated carbocycles. The van der Waals surface area contributed by atoms with E-state index in [0.717, 1.165) is 24.7 Å². The first-order valence-electron chi connectivity index (χ1n) is 11.1. The number of sulfonamides is 1. The molecule has 0 aliphatic heterocycles. The maximum absolute atomic E-state index is 12.8. The minimum Gasteiger partial charge on any atom is -0.461 e. The SMILES string of the molecule is CCCCc1nc(S(C)(=O)=O)c(C(=O)OCC)n1Cc1ccc(-c2ccccc2S(N)(=O)=O)cc1. The number of hydrogen-bond acceptors (Lipinski definition) is 7. The van der Waals surface area contributed by atoms with Gasteiger partial charge in [0.25, 0.3) is 0 Å². The zero-order valence-corrected chi connectivity index (χ0v) is 21.5. The molecule has 0 aliphatic carbocycles. The minimum absolute atomic E-state index is 0.0200. The molecule has 0 radical (unpaired) electrons. The molecule has 1 aromatic heterocycles. The molecule has 0 amide bonds. The molecular formula is C24H29N3O6S2. The van der Waals surface area contributed by atoms with Crippen molar-refractivity contribution in [1.29, 1.82) is 0 Å². The second kappa shape index (κ2) is 10.7. The lowest BCUT2D eigenvalue weighted by molar-refractivity contribution is 0.0509. The number of sulfone groups is 1. The Balaban J connectivity index is 2.07. The van der Waals surface area contributed by atoms with Crippen LogP contribution in [0.3, 0.4) is 0 Å². The number of carbonyl (C=O) groups excluding carboxylic acids is 1. The summed E-state index contributed by atoms with van der Waals surface area (Å²) in [5.74, 6) is -0.263. The van der Waals surface area contributed by atoms with E-state index in [2.05, 4.69) is 4.98 Å². The van der Waals surface area contributed by atoms with Crippen LogP contribution in [0, 0.1) is 0 Å². The Bertz CT molecular complexity index is 1430. The summed E-state index contributed by atoms with van der Waals surface area (Å²) in [6.45, 7) is 3.94. The van der Waals surface area contributed by atoms with E-state index in [-0.39, 0.29) is 28.8 Å². The highest BCUT2D eigenvalue weighted by Gasteiger charge is 2.29. The average molecular weight is 520 g/mol. The van der Waals surface area contributed by atoms with E-state index < -0.39 is 25.8 Å². The number of unbranched alkanes of at least 4 members (excludes halogenated alkanes) is 1. The third-order valence-electron chi connectivity index (χ3n) is 5.39. The number of nitrogens with zero attached hydrogens (tertiary/aromatic N) is 2. The van der Waals surface area contributed by atoms with Gasteiger partial charge in [0.1, 0.15) is 5.82 Å². The molecule has 0 unspecified atom stereocenters. The summed E-state index contributed by atoms with van der Waals surface area (Å²) in [5.41, 5.74) is 1.80. The quantitative estimate of drug-likeness (QED) is 0.406. The van der Waals surface area contributed by atoms with Crippen LogP contribution in [0.5, 0.6) is 0 Å². The van der Waals surface area contributed by atoms with E-state index in [1.807, 2.05) is 6.92 Å². The number of primary sulfonamides is 1. The first kappa shape index (κ1) is 26.6. The Hall–Kier alpha value is -3.02. The molecule has 0 spiro atoms. The van der Waals surface area contributed by atoms with E-state index in [1.54, 1.807) is 54.0 Å². The van der Waals surface area contributed by atoms with Gasteiger partial charge in [-0.05, 0) is 30.5 Å². The van der Waals surface area contributed by atoms with E-state index in [1.165, 1.54) is 6.07 Å². The van der Waals surface area contributed by atoms with Crippen molar-refractivity contribution in [1.82, 2.24) is 9.55 Å². The van der Waals surface area contributed by atoms with Gasteiger partial charge in [-0.25, -0.2) is 31.8 Å². The molecule has 3 rings (SSSR count). The van der Waals surface area contributed by atoms with Gasteiger partial charge in [0, 0.05) is 24.8 Å². The van der Waals surface area contributed by atoms with E-state index in [0.29, 0.717) is 23.4 Å². The summed E-state index contributed by atoms with van der Waals surface area (Å²) in [7, 11) is -7.69. The van der Waals surface area contributed by atoms with Crippen molar-refractivity contribution in [3.8, 4) is 11.1 Å². The van der Waals surface area contributed by atoms with Crippen molar-refractivity contribution in [3.05, 3.63) is 65.6 Å². The maximum Gasteiger partial charge on any atom is 0.358 e. The third kappa shape index (κ3) is 6.16. The van der Waals surface area contributed by atoms with Gasteiger partial charge >= 0.3 is 5.97 Å². The highest BCUT2D eigenvalue weighted by molar-refractivity contribution is 7.90. The number of aromatic nitrogens is 2. The van der Waals surface area contributed by atoms with Crippen LogP contribution in [-0.4, -0.2) is 45.2 Å². The highest BCUT2D eigenvalue weighted by Crippen LogP contribution is 2.28. The molecule has 188 valence electrons. The highest BCUT2D eigenvalue weighted by atomic mass is 32.2. The summed E-state index contributed by atoms with van der Waals surface area (Å²) >= 11 is 0. The van der Waals surface area contributed by atoms with Crippen molar-refractivity contribution in [2.24, 2.45) is 5.14 Å². The molecule has 9 nitrogen and oxygen atoms in total. The molecule has 3 aromatic rings. The second-order valence-corrected chi connectivity index (χ2v) is 11.6. The zero-order chi connectivity index (χ0) is 25.8. The molecule has 35 heavy (non-hydrogen) atoms. The lowest BCUT2D eigenvalue weighted by atomic mass is 10.0. The van der Waals surface area contributed by atoms with Gasteiger partial charge < -0.3 is 9.30 Å². The number of carbonyl (C=O) groups is 1. The largest absolute Gasteiger partial charge is 0.461 e. The van der Waals surface area contributed by atoms with Crippen LogP contribution in [0.4, 0.5) is 0 Å².